The van der Waals surface area contributed by atoms with Gasteiger partial charge in [-0.25, -0.2) is 9.79 Å². The van der Waals surface area contributed by atoms with Crippen LogP contribution in [0.4, 0.5) is 5.69 Å². The lowest BCUT2D eigenvalue weighted by Crippen LogP contribution is -2.19. The van der Waals surface area contributed by atoms with Crippen molar-refractivity contribution in [3.63, 3.8) is 0 Å². The number of methoxy groups -OCH3 is 1. The van der Waals surface area contributed by atoms with E-state index >= 15 is 0 Å². The van der Waals surface area contributed by atoms with Gasteiger partial charge in [0.25, 0.3) is 5.91 Å². The first kappa shape index (κ1) is 24.4. The maximum atomic E-state index is 12.5. The van der Waals surface area contributed by atoms with Crippen LogP contribution in [0.25, 0.3) is 6.08 Å². The first-order valence-electron chi connectivity index (χ1n) is 9.95. The topological polar surface area (TPSA) is 86.2 Å². The molecule has 3 rings (SSSR count). The van der Waals surface area contributed by atoms with Crippen molar-refractivity contribution >= 4 is 56.5 Å². The zero-order valence-corrected chi connectivity index (χ0v) is 20.4. The van der Waals surface area contributed by atoms with Crippen LogP contribution in [0, 0.1) is 12.3 Å². The summed E-state index contributed by atoms with van der Waals surface area (Å²) in [5, 5.41) is 3.15. The molecule has 0 atom stereocenters. The number of carbonyl (C=O) groups excluding carboxylic acids is 2. The monoisotopic (exact) mass is 528 g/mol. The van der Waals surface area contributed by atoms with Crippen molar-refractivity contribution in [3.05, 3.63) is 56.9 Å². The van der Waals surface area contributed by atoms with E-state index in [2.05, 4.69) is 32.2 Å². The summed E-state index contributed by atoms with van der Waals surface area (Å²) < 4.78 is 16.7. The fraction of sp³-hybridized carbons (Fsp3) is 0.208. The number of halogens is 1. The number of ether oxygens (including phenoxy) is 3. The number of nitrogens with one attached hydrogen (secondary N) is 1. The van der Waals surface area contributed by atoms with Crippen molar-refractivity contribution in [1.29, 1.82) is 0 Å². The summed E-state index contributed by atoms with van der Waals surface area (Å²) in [6, 6.07) is 10.3. The van der Waals surface area contributed by atoms with Crippen LogP contribution in [-0.4, -0.2) is 37.4 Å². The molecule has 1 N–H and O–H groups in total. The third-order valence-electron chi connectivity index (χ3n) is 4.25. The number of terminal acetylenes is 1. The lowest BCUT2D eigenvalue weighted by molar-refractivity contribution is -0.115. The normalized spacial score (nSPS) is 15.3. The molecule has 2 aromatic carbocycles. The molecule has 1 saturated heterocycles. The number of esters is 1. The molecule has 0 aromatic heterocycles. The standard InChI is InChI=1S/C24H21BrN2O5S/c1-4-9-31-21-18(25)11-15(12-19(21)30-3)13-20-22(28)27-24(33-20)26-17-8-6-7-16(14-17)23(29)32-10-5-2/h1,6-8,11-14H,5,9-10H2,2-3H3,(H,26,27,28). The Kier molecular flexibility index (Phi) is 8.58. The summed E-state index contributed by atoms with van der Waals surface area (Å²) in [5.41, 5.74) is 1.66. The quantitative estimate of drug-likeness (QED) is 0.297. The van der Waals surface area contributed by atoms with Crippen LogP contribution in [0.5, 0.6) is 11.5 Å². The second kappa shape index (κ2) is 11.6. The van der Waals surface area contributed by atoms with Crippen molar-refractivity contribution in [3.8, 4) is 23.8 Å². The van der Waals surface area contributed by atoms with Crippen molar-refractivity contribution in [2.75, 3.05) is 20.3 Å². The zero-order chi connectivity index (χ0) is 23.8. The fourth-order valence-electron chi connectivity index (χ4n) is 2.81. The number of carbonyl (C=O) groups is 2. The Morgan fingerprint density at radius 1 is 1.33 bits per heavy atom. The van der Waals surface area contributed by atoms with E-state index in [1.54, 1.807) is 42.5 Å². The maximum Gasteiger partial charge on any atom is 0.338 e. The van der Waals surface area contributed by atoms with E-state index in [0.29, 0.717) is 43.9 Å². The van der Waals surface area contributed by atoms with Gasteiger partial charge in [0.05, 0.1) is 34.3 Å². The van der Waals surface area contributed by atoms with Gasteiger partial charge in [-0.1, -0.05) is 18.9 Å². The number of aliphatic imine (C=N–C) groups is 1. The molecule has 0 spiro atoms. The molecule has 0 radical (unpaired) electrons. The van der Waals surface area contributed by atoms with Gasteiger partial charge < -0.3 is 19.5 Å². The Morgan fingerprint density at radius 3 is 2.88 bits per heavy atom. The Morgan fingerprint density at radius 2 is 2.15 bits per heavy atom. The van der Waals surface area contributed by atoms with Crippen LogP contribution in [-0.2, 0) is 9.53 Å². The number of thioether (sulfide) groups is 1. The van der Waals surface area contributed by atoms with E-state index in [1.165, 1.54) is 18.9 Å². The fourth-order valence-corrected chi connectivity index (χ4v) is 4.22. The van der Waals surface area contributed by atoms with Crippen LogP contribution >= 0.6 is 27.7 Å². The smallest absolute Gasteiger partial charge is 0.338 e. The highest BCUT2D eigenvalue weighted by molar-refractivity contribution is 9.10. The Labute approximate surface area is 204 Å². The van der Waals surface area contributed by atoms with E-state index in [1.807, 2.05) is 6.92 Å². The van der Waals surface area contributed by atoms with Gasteiger partial charge in [0, 0.05) is 0 Å². The van der Waals surface area contributed by atoms with E-state index in [9.17, 15) is 9.59 Å². The zero-order valence-electron chi connectivity index (χ0n) is 18.0. The SMILES string of the molecule is C#CCOc1c(Br)cc(C=C2SC(=Nc3cccc(C(=O)OCCC)c3)NC2=O)cc1OC. The number of amides is 1. The van der Waals surface area contributed by atoms with Gasteiger partial charge in [-0.3, -0.25) is 4.79 Å². The Bertz CT molecular complexity index is 1170. The first-order valence-corrected chi connectivity index (χ1v) is 11.6. The van der Waals surface area contributed by atoms with Crippen LogP contribution in [0.15, 0.2) is 50.8 Å². The van der Waals surface area contributed by atoms with Crippen LogP contribution < -0.4 is 14.8 Å². The number of amidine groups is 1. The molecule has 7 nitrogen and oxygen atoms in total. The number of nitrogens with zero attached hydrogens (tertiary/aromatic N) is 1. The molecule has 0 unspecified atom stereocenters. The molecule has 9 heteroatoms. The molecule has 1 aliphatic heterocycles. The van der Waals surface area contributed by atoms with E-state index in [-0.39, 0.29) is 12.5 Å². The Balaban J connectivity index is 1.80. The summed E-state index contributed by atoms with van der Waals surface area (Å²) >= 11 is 4.65. The Hall–Kier alpha value is -3.22. The predicted octanol–water partition coefficient (Wildman–Crippen LogP) is 4.93. The molecule has 0 bridgehead atoms. The molecule has 0 saturated carbocycles. The highest BCUT2D eigenvalue weighted by Crippen LogP contribution is 2.38. The second-order valence-corrected chi connectivity index (χ2v) is 8.58. The third kappa shape index (κ3) is 6.40. The van der Waals surface area contributed by atoms with Gasteiger partial charge in [-0.2, -0.15) is 0 Å². The summed E-state index contributed by atoms with van der Waals surface area (Å²) in [7, 11) is 1.52. The molecule has 1 heterocycles. The number of benzene rings is 2. The lowest BCUT2D eigenvalue weighted by Gasteiger charge is -2.12. The second-order valence-electron chi connectivity index (χ2n) is 6.69. The van der Waals surface area contributed by atoms with Gasteiger partial charge in [0.2, 0.25) is 0 Å². The molecule has 33 heavy (non-hydrogen) atoms. The molecule has 1 amide bonds. The van der Waals surface area contributed by atoms with E-state index < -0.39 is 5.97 Å². The summed E-state index contributed by atoms with van der Waals surface area (Å²) in [4.78, 5) is 29.5. The van der Waals surface area contributed by atoms with E-state index in [4.69, 9.17) is 20.6 Å². The molecule has 1 aliphatic rings. The van der Waals surface area contributed by atoms with E-state index in [0.717, 1.165) is 12.0 Å². The highest BCUT2D eigenvalue weighted by Gasteiger charge is 2.24. The largest absolute Gasteiger partial charge is 0.493 e. The van der Waals surface area contributed by atoms with Crippen LogP contribution in [0.3, 0.4) is 0 Å². The summed E-state index contributed by atoms with van der Waals surface area (Å²) in [6.45, 7) is 2.39. The highest BCUT2D eigenvalue weighted by atomic mass is 79.9. The van der Waals surface area contributed by atoms with Gasteiger partial charge >= 0.3 is 5.97 Å². The molecular formula is C24H21BrN2O5S. The third-order valence-corrected chi connectivity index (χ3v) is 5.75. The average molecular weight is 529 g/mol. The lowest BCUT2D eigenvalue weighted by atomic mass is 10.2. The van der Waals surface area contributed by atoms with Crippen LogP contribution in [0.2, 0.25) is 0 Å². The molecule has 2 aromatic rings. The summed E-state index contributed by atoms with van der Waals surface area (Å²) in [5.74, 6) is 2.70. The minimum atomic E-state index is -0.406. The van der Waals surface area contributed by atoms with Gasteiger partial charge in [0.15, 0.2) is 16.7 Å². The van der Waals surface area contributed by atoms with Crippen molar-refractivity contribution in [2.24, 2.45) is 4.99 Å². The van der Waals surface area contributed by atoms with Crippen LogP contribution in [0.1, 0.15) is 29.3 Å². The summed E-state index contributed by atoms with van der Waals surface area (Å²) in [6.07, 6.45) is 7.73. The van der Waals surface area contributed by atoms with Crippen molar-refractivity contribution < 1.29 is 23.8 Å². The molecular weight excluding hydrogens is 508 g/mol. The minimum Gasteiger partial charge on any atom is -0.493 e. The van der Waals surface area contributed by atoms with Crippen molar-refractivity contribution in [2.45, 2.75) is 13.3 Å². The first-order chi connectivity index (χ1) is 15.9. The number of hydrogen-bond donors (Lipinski definition) is 1. The predicted molar refractivity (Wildman–Crippen MR) is 133 cm³/mol. The number of hydrogen-bond acceptors (Lipinski definition) is 7. The number of rotatable bonds is 8. The molecule has 170 valence electrons. The van der Waals surface area contributed by atoms with Gasteiger partial charge in [0.1, 0.15) is 6.61 Å². The van der Waals surface area contributed by atoms with Crippen molar-refractivity contribution in [1.82, 2.24) is 5.32 Å². The van der Waals surface area contributed by atoms with Gasteiger partial charge in [-0.05, 0) is 76.1 Å². The minimum absolute atomic E-state index is 0.102. The maximum absolute atomic E-state index is 12.5. The molecule has 1 fully saturated rings. The average Bonchev–Trinajstić information content (AvgIpc) is 3.14. The van der Waals surface area contributed by atoms with Gasteiger partial charge in [-0.15, -0.1) is 6.42 Å². The molecule has 0 aliphatic carbocycles.